The van der Waals surface area contributed by atoms with Crippen LogP contribution >= 0.6 is 0 Å². The molecule has 2 aromatic carbocycles. The zero-order valence-corrected chi connectivity index (χ0v) is 23.3. The van der Waals surface area contributed by atoms with E-state index in [1.54, 1.807) is 18.2 Å². The number of hydrogen-bond donors (Lipinski definition) is 7. The van der Waals surface area contributed by atoms with Crippen LogP contribution in [0.4, 0.5) is 0 Å². The molecular formula is C28H38O13. The molecular weight excluding hydrogens is 544 g/mol. The standard InChI is InChI=1S/C28H38O13/c1-36-16-7-13(8-17(37-2)22(16)31)20-15(11-40-28-26(35)25(34)23(32)19(10-30)41-28)14(9-29)5-12-6-18(38-3)24(33)27(39-4)21(12)20/h6-8,14-15,19-20,23,25-26,28-35H,5,9-11H2,1-4H3/t14-,15-,19?,20+,23-,25?,26+,28-/m0/s1. The Morgan fingerprint density at radius 3 is 1.93 bits per heavy atom. The average molecular weight is 583 g/mol. The van der Waals surface area contributed by atoms with E-state index in [1.165, 1.54) is 28.4 Å². The van der Waals surface area contributed by atoms with Crippen molar-refractivity contribution in [3.8, 4) is 34.5 Å². The third-order valence-corrected chi connectivity index (χ3v) is 7.99. The fourth-order valence-corrected chi connectivity index (χ4v) is 5.83. The van der Waals surface area contributed by atoms with E-state index in [4.69, 9.17) is 28.4 Å². The molecule has 228 valence electrons. The van der Waals surface area contributed by atoms with Gasteiger partial charge in [-0.2, -0.15) is 0 Å². The maximum atomic E-state index is 11.0. The number of rotatable bonds is 10. The molecule has 0 radical (unpaired) electrons. The second-order valence-corrected chi connectivity index (χ2v) is 10.1. The van der Waals surface area contributed by atoms with Gasteiger partial charge in [-0.25, -0.2) is 0 Å². The first-order chi connectivity index (χ1) is 19.6. The summed E-state index contributed by atoms with van der Waals surface area (Å²) in [6, 6.07) is 4.88. The average Bonchev–Trinajstić information content (AvgIpc) is 2.98. The smallest absolute Gasteiger partial charge is 0.201 e. The predicted octanol–water partition coefficient (Wildman–Crippen LogP) is -0.139. The van der Waals surface area contributed by atoms with Gasteiger partial charge in [-0.1, -0.05) is 0 Å². The largest absolute Gasteiger partial charge is 0.502 e. The van der Waals surface area contributed by atoms with Gasteiger partial charge in [0.15, 0.2) is 29.3 Å². The Labute approximate surface area is 237 Å². The molecule has 13 heteroatoms. The molecule has 2 aromatic rings. The minimum atomic E-state index is -1.63. The van der Waals surface area contributed by atoms with Crippen LogP contribution in [0.3, 0.4) is 0 Å². The van der Waals surface area contributed by atoms with E-state index in [2.05, 4.69) is 0 Å². The topological polar surface area (TPSA) is 197 Å². The van der Waals surface area contributed by atoms with Crippen molar-refractivity contribution in [2.45, 2.75) is 43.0 Å². The van der Waals surface area contributed by atoms with Crippen LogP contribution in [0, 0.1) is 11.8 Å². The minimum absolute atomic E-state index is 0.123. The van der Waals surface area contributed by atoms with E-state index >= 15 is 0 Å². The van der Waals surface area contributed by atoms with Crippen LogP contribution in [-0.4, -0.2) is 115 Å². The van der Waals surface area contributed by atoms with Crippen LogP contribution in [0.2, 0.25) is 0 Å². The summed E-state index contributed by atoms with van der Waals surface area (Å²) in [4.78, 5) is 0. The van der Waals surface area contributed by atoms with Crippen LogP contribution < -0.4 is 18.9 Å². The van der Waals surface area contributed by atoms with Crippen LogP contribution in [0.15, 0.2) is 18.2 Å². The van der Waals surface area contributed by atoms with Gasteiger partial charge in [0, 0.05) is 18.1 Å². The summed E-state index contributed by atoms with van der Waals surface area (Å²) < 4.78 is 33.3. The van der Waals surface area contributed by atoms with Crippen molar-refractivity contribution in [2.24, 2.45) is 11.8 Å². The van der Waals surface area contributed by atoms with E-state index in [9.17, 15) is 35.7 Å². The van der Waals surface area contributed by atoms with Crippen molar-refractivity contribution in [3.05, 3.63) is 34.9 Å². The Kier molecular flexibility index (Phi) is 9.70. The predicted molar refractivity (Wildman–Crippen MR) is 142 cm³/mol. The summed E-state index contributed by atoms with van der Waals surface area (Å²) in [5, 5.41) is 72.6. The van der Waals surface area contributed by atoms with E-state index in [0.717, 1.165) is 5.56 Å². The Morgan fingerprint density at radius 1 is 0.780 bits per heavy atom. The van der Waals surface area contributed by atoms with Gasteiger partial charge in [0.25, 0.3) is 0 Å². The second-order valence-electron chi connectivity index (χ2n) is 10.1. The molecule has 1 aliphatic carbocycles. The van der Waals surface area contributed by atoms with Gasteiger partial charge in [0.1, 0.15) is 24.4 Å². The maximum absolute atomic E-state index is 11.0. The van der Waals surface area contributed by atoms with Gasteiger partial charge in [0.05, 0.1) is 41.7 Å². The highest BCUT2D eigenvalue weighted by Gasteiger charge is 2.46. The van der Waals surface area contributed by atoms with Crippen molar-refractivity contribution in [2.75, 3.05) is 48.3 Å². The highest BCUT2D eigenvalue weighted by atomic mass is 16.7. The number of phenols is 2. The normalized spacial score (nSPS) is 29.5. The molecule has 0 saturated carbocycles. The van der Waals surface area contributed by atoms with E-state index in [-0.39, 0.29) is 47.7 Å². The lowest BCUT2D eigenvalue weighted by molar-refractivity contribution is -0.304. The molecule has 2 unspecified atom stereocenters. The molecule has 1 fully saturated rings. The minimum Gasteiger partial charge on any atom is -0.502 e. The maximum Gasteiger partial charge on any atom is 0.201 e. The van der Waals surface area contributed by atoms with Crippen LogP contribution in [-0.2, 0) is 15.9 Å². The second kappa shape index (κ2) is 12.9. The summed E-state index contributed by atoms with van der Waals surface area (Å²) in [5.41, 5.74) is 1.88. The van der Waals surface area contributed by atoms with Gasteiger partial charge >= 0.3 is 0 Å². The zero-order chi connectivity index (χ0) is 30.0. The summed E-state index contributed by atoms with van der Waals surface area (Å²) >= 11 is 0. The molecule has 7 N–H and O–H groups in total. The molecule has 2 aliphatic rings. The number of phenolic OH excluding ortho intramolecular Hbond substituents is 2. The summed E-state index contributed by atoms with van der Waals surface area (Å²) in [6.45, 7) is -1.02. The molecule has 4 rings (SSSR count). The Balaban J connectivity index is 1.85. The van der Waals surface area contributed by atoms with Crippen molar-refractivity contribution >= 4 is 0 Å². The Morgan fingerprint density at radius 2 is 1.39 bits per heavy atom. The fraction of sp³-hybridized carbons (Fsp3) is 0.571. The molecule has 0 amide bonds. The molecule has 0 aromatic heterocycles. The third-order valence-electron chi connectivity index (χ3n) is 7.99. The lowest BCUT2D eigenvalue weighted by Gasteiger charge is -2.43. The first-order valence-corrected chi connectivity index (χ1v) is 13.1. The molecule has 13 nitrogen and oxygen atoms in total. The first-order valence-electron chi connectivity index (χ1n) is 13.1. The van der Waals surface area contributed by atoms with Crippen LogP contribution in [0.1, 0.15) is 22.6 Å². The van der Waals surface area contributed by atoms with Gasteiger partial charge in [-0.3, -0.25) is 0 Å². The number of fused-ring (bicyclic) bond motifs is 1. The number of methoxy groups -OCH3 is 4. The van der Waals surface area contributed by atoms with E-state index in [0.29, 0.717) is 17.5 Å². The van der Waals surface area contributed by atoms with Gasteiger partial charge in [-0.15, -0.1) is 0 Å². The van der Waals surface area contributed by atoms with Crippen LogP contribution in [0.25, 0.3) is 0 Å². The highest BCUT2D eigenvalue weighted by molar-refractivity contribution is 5.64. The molecule has 41 heavy (non-hydrogen) atoms. The monoisotopic (exact) mass is 582 g/mol. The Hall–Kier alpha value is -3.04. The number of ether oxygens (including phenoxy) is 6. The van der Waals surface area contributed by atoms with Gasteiger partial charge in [-0.05, 0) is 47.6 Å². The summed E-state index contributed by atoms with van der Waals surface area (Å²) in [6.07, 6.45) is -7.02. The lowest BCUT2D eigenvalue weighted by atomic mass is 9.66. The third kappa shape index (κ3) is 5.58. The van der Waals surface area contributed by atoms with E-state index in [1.807, 2.05) is 0 Å². The number of aliphatic hydroxyl groups excluding tert-OH is 5. The zero-order valence-electron chi connectivity index (χ0n) is 23.3. The van der Waals surface area contributed by atoms with Crippen molar-refractivity contribution < 1.29 is 64.2 Å². The molecule has 1 heterocycles. The van der Waals surface area contributed by atoms with E-state index < -0.39 is 55.1 Å². The molecule has 1 aliphatic heterocycles. The van der Waals surface area contributed by atoms with Crippen LogP contribution in [0.5, 0.6) is 34.5 Å². The van der Waals surface area contributed by atoms with Gasteiger partial charge < -0.3 is 64.2 Å². The lowest BCUT2D eigenvalue weighted by Crippen LogP contribution is -2.59. The highest BCUT2D eigenvalue weighted by Crippen LogP contribution is 2.54. The number of aliphatic hydroxyl groups is 5. The Bertz CT molecular complexity index is 1180. The number of benzene rings is 2. The SMILES string of the molecule is COc1cc([C@H]2c3c(cc(OC)c(O)c3OC)C[C@@H](CO)[C@@H]2CO[C@H]2OC(CO)[C@H](O)C(O)[C@H]2O)cc(OC)c1O. The van der Waals surface area contributed by atoms with Gasteiger partial charge in [0.2, 0.25) is 11.5 Å². The fourth-order valence-electron chi connectivity index (χ4n) is 5.83. The van der Waals surface area contributed by atoms with Crippen molar-refractivity contribution in [1.29, 1.82) is 0 Å². The molecule has 1 saturated heterocycles. The van der Waals surface area contributed by atoms with Crippen molar-refractivity contribution in [3.63, 3.8) is 0 Å². The quantitative estimate of drug-likeness (QED) is 0.196. The number of aromatic hydroxyl groups is 2. The van der Waals surface area contributed by atoms with Crippen molar-refractivity contribution in [1.82, 2.24) is 0 Å². The molecule has 0 spiro atoms. The molecule has 0 bridgehead atoms. The number of hydrogen-bond acceptors (Lipinski definition) is 13. The summed E-state index contributed by atoms with van der Waals surface area (Å²) in [7, 11) is 5.60. The summed E-state index contributed by atoms with van der Waals surface area (Å²) in [5.74, 6) is -1.51. The molecule has 8 atom stereocenters. The first kappa shape index (κ1) is 30.9.